The first kappa shape index (κ1) is 23.6. The Labute approximate surface area is 192 Å². The van der Waals surface area contributed by atoms with E-state index in [4.69, 9.17) is 4.74 Å². The van der Waals surface area contributed by atoms with Gasteiger partial charge in [-0.15, -0.1) is 11.3 Å². The molecule has 0 fully saturated rings. The smallest absolute Gasteiger partial charge is 0.337 e. The van der Waals surface area contributed by atoms with E-state index < -0.39 is 16.9 Å². The number of thiazole rings is 1. The van der Waals surface area contributed by atoms with Crippen molar-refractivity contribution in [2.75, 3.05) is 13.7 Å². The molecule has 0 saturated carbocycles. The zero-order valence-electron chi connectivity index (χ0n) is 17.8. The molecule has 3 aromatic rings. The summed E-state index contributed by atoms with van der Waals surface area (Å²) in [6.07, 6.45) is 2.78. The van der Waals surface area contributed by atoms with Crippen LogP contribution in [0, 0.1) is 10.1 Å². The monoisotopic (exact) mass is 468 g/mol. The number of esters is 2. The average molecular weight is 468 g/mol. The second kappa shape index (κ2) is 10.5. The van der Waals surface area contributed by atoms with Gasteiger partial charge in [-0.3, -0.25) is 19.5 Å². The van der Waals surface area contributed by atoms with Gasteiger partial charge in [-0.25, -0.2) is 9.59 Å². The van der Waals surface area contributed by atoms with Crippen LogP contribution in [-0.2, 0) is 20.8 Å². The van der Waals surface area contributed by atoms with E-state index in [1.165, 1.54) is 36.0 Å². The molecular weight excluding hydrogens is 448 g/mol. The van der Waals surface area contributed by atoms with Crippen molar-refractivity contribution in [3.05, 3.63) is 94.9 Å². The minimum atomic E-state index is -0.588. The summed E-state index contributed by atoms with van der Waals surface area (Å²) in [5.41, 5.74) is 1.13. The molecule has 9 nitrogen and oxygen atoms in total. The summed E-state index contributed by atoms with van der Waals surface area (Å²) in [4.78, 5) is 47.4. The van der Waals surface area contributed by atoms with Crippen molar-refractivity contribution in [2.24, 2.45) is 0 Å². The van der Waals surface area contributed by atoms with E-state index in [-0.39, 0.29) is 24.4 Å². The van der Waals surface area contributed by atoms with E-state index in [2.05, 4.69) is 4.74 Å². The number of rotatable bonds is 7. The number of aromatic nitrogens is 1. The molecule has 0 aliphatic carbocycles. The molecule has 0 unspecified atom stereocenters. The number of hydrogen-bond acceptors (Lipinski definition) is 8. The highest BCUT2D eigenvalue weighted by Crippen LogP contribution is 2.13. The average Bonchev–Trinajstić information content (AvgIpc) is 3.08. The highest BCUT2D eigenvalue weighted by molar-refractivity contribution is 7.07. The predicted molar refractivity (Wildman–Crippen MR) is 122 cm³/mol. The lowest BCUT2D eigenvalue weighted by Gasteiger charge is -2.04. The van der Waals surface area contributed by atoms with Crippen LogP contribution in [0.4, 0.5) is 5.69 Å². The van der Waals surface area contributed by atoms with Crippen molar-refractivity contribution in [1.82, 2.24) is 4.57 Å². The number of nitro groups is 1. The standard InChI is InChI=1S/C23H20N2O7S/c1-3-32-21(26)13-20-24(14-15-7-9-17(10-8-15)23(28)31-2)22(27)19(33-20)12-16-5-4-6-18(11-16)25(29)30/h4-13H,3,14H2,1-2H3/b19-12-,20-13-. The molecule has 0 saturated heterocycles. The summed E-state index contributed by atoms with van der Waals surface area (Å²) in [5, 5.41) is 11.0. The molecular formula is C23H20N2O7S. The van der Waals surface area contributed by atoms with Crippen LogP contribution >= 0.6 is 11.3 Å². The summed E-state index contributed by atoms with van der Waals surface area (Å²) < 4.78 is 11.7. The third kappa shape index (κ3) is 5.80. The van der Waals surface area contributed by atoms with Crippen molar-refractivity contribution < 1.29 is 24.0 Å². The molecule has 0 amide bonds. The largest absolute Gasteiger partial charge is 0.465 e. The van der Waals surface area contributed by atoms with Crippen LogP contribution < -0.4 is 14.8 Å². The Balaban J connectivity index is 2.08. The molecule has 0 spiro atoms. The number of methoxy groups -OCH3 is 1. The number of nitro benzene ring substituents is 1. The summed E-state index contributed by atoms with van der Waals surface area (Å²) in [6, 6.07) is 12.5. The lowest BCUT2D eigenvalue weighted by Crippen LogP contribution is -2.32. The van der Waals surface area contributed by atoms with Crippen LogP contribution in [0.3, 0.4) is 0 Å². The molecule has 170 valence electrons. The second-order valence-electron chi connectivity index (χ2n) is 6.78. The van der Waals surface area contributed by atoms with Gasteiger partial charge in [0.05, 0.1) is 41.4 Å². The first-order chi connectivity index (χ1) is 15.8. The number of benzene rings is 2. The van der Waals surface area contributed by atoms with Crippen molar-refractivity contribution in [3.8, 4) is 0 Å². The fraction of sp³-hybridized carbons (Fsp3) is 0.174. The van der Waals surface area contributed by atoms with Crippen molar-refractivity contribution in [3.63, 3.8) is 0 Å². The Morgan fingerprint density at radius 3 is 2.55 bits per heavy atom. The number of ether oxygens (including phenoxy) is 2. The fourth-order valence-corrected chi connectivity index (χ4v) is 4.03. The third-order valence-corrected chi connectivity index (χ3v) is 5.62. The third-order valence-electron chi connectivity index (χ3n) is 4.56. The van der Waals surface area contributed by atoms with Crippen LogP contribution in [0.2, 0.25) is 0 Å². The van der Waals surface area contributed by atoms with Crippen LogP contribution in [0.5, 0.6) is 0 Å². The fourth-order valence-electron chi connectivity index (χ4n) is 3.00. The summed E-state index contributed by atoms with van der Waals surface area (Å²) in [5.74, 6) is -1.06. The molecule has 1 aromatic heterocycles. The van der Waals surface area contributed by atoms with Crippen molar-refractivity contribution in [1.29, 1.82) is 0 Å². The highest BCUT2D eigenvalue weighted by atomic mass is 32.1. The van der Waals surface area contributed by atoms with Gasteiger partial charge in [-0.2, -0.15) is 0 Å². The predicted octanol–water partition coefficient (Wildman–Crippen LogP) is 1.83. The van der Waals surface area contributed by atoms with Gasteiger partial charge in [0.2, 0.25) is 0 Å². The summed E-state index contributed by atoms with van der Waals surface area (Å²) >= 11 is 1.07. The van der Waals surface area contributed by atoms with Crippen LogP contribution in [0.25, 0.3) is 12.2 Å². The number of nitrogens with zero attached hydrogens (tertiary/aromatic N) is 2. The van der Waals surface area contributed by atoms with Gasteiger partial charge in [-0.1, -0.05) is 24.3 Å². The Kier molecular flexibility index (Phi) is 7.52. The van der Waals surface area contributed by atoms with Gasteiger partial charge >= 0.3 is 11.9 Å². The van der Waals surface area contributed by atoms with Gasteiger partial charge in [-0.05, 0) is 36.3 Å². The van der Waals surface area contributed by atoms with Crippen LogP contribution in [-0.4, -0.2) is 35.1 Å². The molecule has 0 aliphatic rings. The van der Waals surface area contributed by atoms with Gasteiger partial charge < -0.3 is 9.47 Å². The molecule has 0 radical (unpaired) electrons. The number of carbonyl (C=O) groups excluding carboxylic acids is 2. The molecule has 0 N–H and O–H groups in total. The van der Waals surface area contributed by atoms with Crippen LogP contribution in [0.15, 0.2) is 53.3 Å². The molecule has 0 atom stereocenters. The molecule has 33 heavy (non-hydrogen) atoms. The Bertz CT molecular complexity index is 1370. The maximum absolute atomic E-state index is 13.1. The van der Waals surface area contributed by atoms with E-state index in [0.29, 0.717) is 20.3 Å². The molecule has 0 aliphatic heterocycles. The van der Waals surface area contributed by atoms with E-state index in [1.807, 2.05) is 0 Å². The first-order valence-electron chi connectivity index (χ1n) is 9.84. The number of hydrogen-bond donors (Lipinski definition) is 0. The highest BCUT2D eigenvalue weighted by Gasteiger charge is 2.11. The van der Waals surface area contributed by atoms with Crippen molar-refractivity contribution in [2.45, 2.75) is 13.5 Å². The molecule has 3 rings (SSSR count). The second-order valence-corrected chi connectivity index (χ2v) is 7.84. The first-order valence-corrected chi connectivity index (χ1v) is 10.7. The van der Waals surface area contributed by atoms with E-state index in [0.717, 1.165) is 16.9 Å². The van der Waals surface area contributed by atoms with Gasteiger partial charge in [0.15, 0.2) is 0 Å². The minimum Gasteiger partial charge on any atom is -0.465 e. The van der Waals surface area contributed by atoms with Crippen LogP contribution in [0.1, 0.15) is 28.4 Å². The van der Waals surface area contributed by atoms with E-state index >= 15 is 0 Å². The normalized spacial score (nSPS) is 11.9. The van der Waals surface area contributed by atoms with Gasteiger partial charge in [0, 0.05) is 12.1 Å². The summed E-state index contributed by atoms with van der Waals surface area (Å²) in [6.45, 7) is 2.01. The molecule has 10 heteroatoms. The van der Waals surface area contributed by atoms with Gasteiger partial charge in [0.1, 0.15) is 4.66 Å². The number of non-ortho nitro benzene ring substituents is 1. The quantitative estimate of drug-likeness (QED) is 0.295. The zero-order chi connectivity index (χ0) is 24.0. The van der Waals surface area contributed by atoms with E-state index in [9.17, 15) is 24.5 Å². The Morgan fingerprint density at radius 1 is 1.18 bits per heavy atom. The van der Waals surface area contributed by atoms with E-state index in [1.54, 1.807) is 43.3 Å². The maximum atomic E-state index is 13.1. The van der Waals surface area contributed by atoms with Crippen molar-refractivity contribution >= 4 is 41.1 Å². The molecule has 1 heterocycles. The lowest BCUT2D eigenvalue weighted by molar-refractivity contribution is -0.384. The zero-order valence-corrected chi connectivity index (χ0v) is 18.7. The van der Waals surface area contributed by atoms with Gasteiger partial charge in [0.25, 0.3) is 11.2 Å². The number of carbonyl (C=O) groups is 2. The molecule has 0 bridgehead atoms. The summed E-state index contributed by atoms with van der Waals surface area (Å²) in [7, 11) is 1.29. The lowest BCUT2D eigenvalue weighted by atomic mass is 10.1. The minimum absolute atomic E-state index is 0.0929. The molecule has 2 aromatic carbocycles. The topological polar surface area (TPSA) is 118 Å². The Hall–Kier alpha value is -4.05. The SMILES string of the molecule is CCOC(=O)/C=c1\s/c(=C\c2cccc([N+](=O)[O-])c2)c(=O)n1Cc1ccc(C(=O)OC)cc1. The Morgan fingerprint density at radius 2 is 1.91 bits per heavy atom. The maximum Gasteiger partial charge on any atom is 0.337 e.